The van der Waals surface area contributed by atoms with Crippen LogP contribution in [-0.2, 0) is 0 Å². The van der Waals surface area contributed by atoms with Crippen LogP contribution in [0, 0.1) is 0 Å². The minimum atomic E-state index is -2.79. The van der Waals surface area contributed by atoms with Crippen LogP contribution in [-0.4, -0.2) is 31.1 Å². The summed E-state index contributed by atoms with van der Waals surface area (Å²) in [5.74, 6) is 0.658. The largest absolute Gasteiger partial charge is 0.265 e. The van der Waals surface area contributed by atoms with Gasteiger partial charge in [-0.3, -0.25) is 4.98 Å². The van der Waals surface area contributed by atoms with Crippen LogP contribution in [0.3, 0.4) is 0 Å². The fourth-order valence-electron chi connectivity index (χ4n) is 9.33. The molecule has 10 aromatic rings. The second-order valence-corrected chi connectivity index (χ2v) is 23.2. The third kappa shape index (κ3) is 7.03. The second-order valence-electron chi connectivity index (χ2n) is 15.6. The summed E-state index contributed by atoms with van der Waals surface area (Å²) in [4.78, 5) is 15.0. The molecule has 0 aliphatic heterocycles. The Balaban J connectivity index is 1.20. The van der Waals surface area contributed by atoms with Gasteiger partial charge in [-0.1, -0.05) is 231 Å². The van der Waals surface area contributed by atoms with E-state index in [0.717, 1.165) is 28.1 Å². The van der Waals surface area contributed by atoms with Gasteiger partial charge >= 0.3 is 0 Å². The summed E-state index contributed by atoms with van der Waals surface area (Å²) < 4.78 is 0. The Hall–Kier alpha value is -7.58. The predicted octanol–water partition coefficient (Wildman–Crippen LogP) is 7.63. The van der Waals surface area contributed by atoms with Crippen LogP contribution in [0.5, 0.6) is 0 Å². The molecule has 0 fully saturated rings. The maximum absolute atomic E-state index is 5.34. The molecule has 0 unspecified atom stereocenters. The van der Waals surface area contributed by atoms with Gasteiger partial charge in [0, 0.05) is 29.1 Å². The maximum atomic E-state index is 5.34. The van der Waals surface area contributed by atoms with Crippen molar-refractivity contribution in [3.8, 4) is 33.9 Å². The van der Waals surface area contributed by atoms with E-state index in [1.807, 2.05) is 24.5 Å². The number of hydrogen-bond donors (Lipinski definition) is 0. The zero-order valence-corrected chi connectivity index (χ0v) is 36.2. The number of aromatic nitrogens is 3. The average Bonchev–Trinajstić information content (AvgIpc) is 3.37. The molecule has 0 saturated heterocycles. The first-order chi connectivity index (χ1) is 30.7. The second kappa shape index (κ2) is 17.2. The van der Waals surface area contributed by atoms with Crippen molar-refractivity contribution in [2.24, 2.45) is 0 Å². The quantitative estimate of drug-likeness (QED) is 0.0996. The summed E-state index contributed by atoms with van der Waals surface area (Å²) in [5.41, 5.74) is 4.73. The van der Waals surface area contributed by atoms with Crippen LogP contribution in [0.2, 0.25) is 0 Å². The lowest BCUT2D eigenvalue weighted by Gasteiger charge is -2.34. The summed E-state index contributed by atoms with van der Waals surface area (Å²) in [5, 5.41) is 10.5. The molecule has 3 nitrogen and oxygen atoms in total. The standard InChI is InChI=1S/C57H43N3Si2/c1-7-23-47(24-8-1)61(48-25-9-2-10-26-48,49-27-11-3-12-28-49)53-35-19-21-45(41-53)55-43-56(60-57(59-55)44-37-39-58-40-38-44)46-22-20-36-54(42-46)62(50-29-13-4-14-30-50,51-31-15-5-16-32-51)52-33-17-6-18-34-52/h1-43H. The van der Waals surface area contributed by atoms with Crippen LogP contribution < -0.4 is 41.5 Å². The zero-order chi connectivity index (χ0) is 41.6. The molecule has 0 spiro atoms. The summed E-state index contributed by atoms with van der Waals surface area (Å²) in [6, 6.07) is 90.7. The topological polar surface area (TPSA) is 38.7 Å². The Labute approximate surface area is 365 Å². The Kier molecular flexibility index (Phi) is 10.7. The highest BCUT2D eigenvalue weighted by molar-refractivity contribution is 7.20. The average molecular weight is 826 g/mol. The molecule has 0 atom stereocenters. The van der Waals surface area contributed by atoms with E-state index >= 15 is 0 Å². The van der Waals surface area contributed by atoms with Crippen molar-refractivity contribution in [3.63, 3.8) is 0 Å². The van der Waals surface area contributed by atoms with Gasteiger partial charge in [0.25, 0.3) is 0 Å². The van der Waals surface area contributed by atoms with Crippen molar-refractivity contribution in [2.45, 2.75) is 0 Å². The molecular formula is C57H43N3Si2. The molecule has 62 heavy (non-hydrogen) atoms. The molecule has 0 bridgehead atoms. The summed E-state index contributed by atoms with van der Waals surface area (Å²) in [6.45, 7) is 0. The van der Waals surface area contributed by atoms with E-state index in [2.05, 4.69) is 242 Å². The van der Waals surface area contributed by atoms with Crippen molar-refractivity contribution in [1.29, 1.82) is 0 Å². The molecule has 10 rings (SSSR count). The fraction of sp³-hybridized carbons (Fsp3) is 0. The summed E-state index contributed by atoms with van der Waals surface area (Å²) >= 11 is 0. The summed E-state index contributed by atoms with van der Waals surface area (Å²) in [7, 11) is -5.58. The van der Waals surface area contributed by atoms with Crippen molar-refractivity contribution in [3.05, 3.63) is 261 Å². The molecule has 5 heteroatoms. The number of hydrogen-bond acceptors (Lipinski definition) is 3. The molecule has 0 aliphatic carbocycles. The van der Waals surface area contributed by atoms with Gasteiger partial charge in [0.05, 0.1) is 11.4 Å². The SMILES string of the molecule is c1ccc([Si](c2ccccc2)(c2ccccc2)c2cccc(-c3cc(-c4cccc([Si](c5ccccc5)(c5ccccc5)c5ccccc5)c4)nc(-c4ccncc4)n3)c2)cc1. The van der Waals surface area contributed by atoms with E-state index in [9.17, 15) is 0 Å². The summed E-state index contributed by atoms with van der Waals surface area (Å²) in [6.07, 6.45) is 3.62. The highest BCUT2D eigenvalue weighted by Crippen LogP contribution is 2.28. The molecule has 0 N–H and O–H groups in total. The first-order valence-electron chi connectivity index (χ1n) is 21.1. The van der Waals surface area contributed by atoms with Gasteiger partial charge in [-0.25, -0.2) is 9.97 Å². The molecule has 0 saturated carbocycles. The van der Waals surface area contributed by atoms with Gasteiger partial charge in [0.15, 0.2) is 22.0 Å². The Morgan fingerprint density at radius 1 is 0.242 bits per heavy atom. The van der Waals surface area contributed by atoms with Crippen molar-refractivity contribution in [1.82, 2.24) is 15.0 Å². The smallest absolute Gasteiger partial charge is 0.179 e. The Morgan fingerprint density at radius 3 is 0.839 bits per heavy atom. The van der Waals surface area contributed by atoms with Crippen LogP contribution >= 0.6 is 0 Å². The van der Waals surface area contributed by atoms with Crippen molar-refractivity contribution >= 4 is 57.6 Å². The van der Waals surface area contributed by atoms with E-state index in [1.165, 1.54) is 41.5 Å². The lowest BCUT2D eigenvalue weighted by molar-refractivity contribution is 1.18. The lowest BCUT2D eigenvalue weighted by atomic mass is 10.1. The first-order valence-corrected chi connectivity index (χ1v) is 25.1. The third-order valence-electron chi connectivity index (χ3n) is 12.1. The van der Waals surface area contributed by atoms with E-state index in [-0.39, 0.29) is 0 Å². The monoisotopic (exact) mass is 825 g/mol. The van der Waals surface area contributed by atoms with Crippen LogP contribution in [0.25, 0.3) is 33.9 Å². The minimum absolute atomic E-state index is 0.658. The molecular weight excluding hydrogens is 783 g/mol. The van der Waals surface area contributed by atoms with Crippen molar-refractivity contribution < 1.29 is 0 Å². The van der Waals surface area contributed by atoms with Crippen LogP contribution in [0.1, 0.15) is 0 Å². The fourth-order valence-corrected chi connectivity index (χ4v) is 18.9. The van der Waals surface area contributed by atoms with Crippen LogP contribution in [0.4, 0.5) is 0 Å². The molecule has 0 aliphatic rings. The van der Waals surface area contributed by atoms with Gasteiger partial charge in [-0.05, 0) is 59.7 Å². The molecule has 0 radical (unpaired) electrons. The molecule has 0 amide bonds. The molecule has 2 heterocycles. The Bertz CT molecular complexity index is 2660. The maximum Gasteiger partial charge on any atom is 0.179 e. The van der Waals surface area contributed by atoms with Gasteiger partial charge < -0.3 is 0 Å². The molecule has 2 aromatic heterocycles. The first kappa shape index (κ1) is 38.6. The van der Waals surface area contributed by atoms with Gasteiger partial charge in [-0.2, -0.15) is 0 Å². The minimum Gasteiger partial charge on any atom is -0.265 e. The highest BCUT2D eigenvalue weighted by atomic mass is 28.3. The van der Waals surface area contributed by atoms with E-state index in [1.54, 1.807) is 0 Å². The van der Waals surface area contributed by atoms with E-state index in [4.69, 9.17) is 9.97 Å². The lowest BCUT2D eigenvalue weighted by Crippen LogP contribution is -2.74. The van der Waals surface area contributed by atoms with E-state index in [0.29, 0.717) is 5.82 Å². The number of rotatable bonds is 11. The van der Waals surface area contributed by atoms with Gasteiger partial charge in [-0.15, -0.1) is 0 Å². The number of nitrogens with zero attached hydrogens (tertiary/aromatic N) is 3. The van der Waals surface area contributed by atoms with Gasteiger partial charge in [0.1, 0.15) is 0 Å². The Morgan fingerprint density at radius 2 is 0.532 bits per heavy atom. The predicted molar refractivity (Wildman–Crippen MR) is 263 cm³/mol. The normalized spacial score (nSPS) is 11.5. The number of pyridine rings is 1. The molecule has 294 valence electrons. The van der Waals surface area contributed by atoms with E-state index < -0.39 is 16.1 Å². The third-order valence-corrected chi connectivity index (χ3v) is 21.6. The van der Waals surface area contributed by atoms with Crippen molar-refractivity contribution in [2.75, 3.05) is 0 Å². The van der Waals surface area contributed by atoms with Gasteiger partial charge in [0.2, 0.25) is 0 Å². The zero-order valence-electron chi connectivity index (χ0n) is 34.2. The van der Waals surface area contributed by atoms with Crippen LogP contribution in [0.15, 0.2) is 261 Å². The number of benzene rings is 8. The highest BCUT2D eigenvalue weighted by Gasteiger charge is 2.43. The molecule has 8 aromatic carbocycles.